The van der Waals surface area contributed by atoms with Crippen LogP contribution in [0.1, 0.15) is 0 Å². The van der Waals surface area contributed by atoms with Gasteiger partial charge in [-0.15, -0.1) is 0 Å². The highest BCUT2D eigenvalue weighted by atomic mass is 16.8. The maximum atomic E-state index is 11.9. The predicted octanol–water partition coefficient (Wildman–Crippen LogP) is -0.535. The second-order valence-electron chi connectivity index (χ2n) is 10.5. The van der Waals surface area contributed by atoms with E-state index in [4.69, 9.17) is 71.1 Å². The first-order chi connectivity index (χ1) is 21.8. The van der Waals surface area contributed by atoms with Gasteiger partial charge in [-0.3, -0.25) is 0 Å². The molecule has 16 heteroatoms. The quantitative estimate of drug-likeness (QED) is 0.137. The molecule has 0 radical (unpaired) electrons. The molecule has 0 bridgehead atoms. The van der Waals surface area contributed by atoms with E-state index < -0.39 is 85.8 Å². The summed E-state index contributed by atoms with van der Waals surface area (Å²) in [5.41, 5.74) is 0. The first-order valence-corrected chi connectivity index (χ1v) is 14.6. The Balaban J connectivity index is 2.56. The predicted molar refractivity (Wildman–Crippen MR) is 155 cm³/mol. The molecule has 0 amide bonds. The number of hydrogen-bond donors (Lipinski definition) is 0. The van der Waals surface area contributed by atoms with E-state index in [9.17, 15) is 4.79 Å². The second-order valence-corrected chi connectivity index (χ2v) is 10.5. The van der Waals surface area contributed by atoms with Crippen LogP contribution in [0.15, 0.2) is 0 Å². The lowest BCUT2D eigenvalue weighted by Gasteiger charge is -2.50. The summed E-state index contributed by atoms with van der Waals surface area (Å²) in [4.78, 5) is 11.9. The van der Waals surface area contributed by atoms with Gasteiger partial charge < -0.3 is 75.8 Å². The number of rotatable bonds is 22. The van der Waals surface area contributed by atoms with Crippen molar-refractivity contribution in [1.82, 2.24) is 0 Å². The molecule has 0 spiro atoms. The smallest absolute Gasteiger partial charge is 0.187 e. The summed E-state index contributed by atoms with van der Waals surface area (Å²) in [6.07, 6.45) is -10.6. The van der Waals surface area contributed by atoms with E-state index in [1.165, 1.54) is 56.9 Å². The molecule has 0 aliphatic carbocycles. The molecular formula is C29H54O16. The minimum Gasteiger partial charge on any atom is -0.382 e. The third-order valence-corrected chi connectivity index (χ3v) is 8.11. The average Bonchev–Trinajstić information content (AvgIpc) is 3.05. The summed E-state index contributed by atoms with van der Waals surface area (Å²) in [5.74, 6) is 0. The van der Waals surface area contributed by atoms with Gasteiger partial charge in [-0.2, -0.15) is 0 Å². The number of carbonyl (C=O) groups is 1. The molecule has 2 saturated heterocycles. The van der Waals surface area contributed by atoms with Crippen molar-refractivity contribution >= 4 is 6.29 Å². The number of ether oxygens (including phenoxy) is 15. The van der Waals surface area contributed by atoms with Crippen LogP contribution in [0.5, 0.6) is 0 Å². The lowest BCUT2D eigenvalue weighted by atomic mass is 9.96. The molecule has 0 N–H and O–H groups in total. The van der Waals surface area contributed by atoms with Crippen molar-refractivity contribution in [2.45, 2.75) is 85.8 Å². The van der Waals surface area contributed by atoms with Crippen molar-refractivity contribution in [2.75, 3.05) is 98.0 Å². The number of hydrogen-bond acceptors (Lipinski definition) is 16. The van der Waals surface area contributed by atoms with Crippen LogP contribution in [-0.2, 0) is 75.8 Å². The van der Waals surface area contributed by atoms with Crippen LogP contribution in [0.2, 0.25) is 0 Å². The third-order valence-electron chi connectivity index (χ3n) is 8.11. The zero-order valence-corrected chi connectivity index (χ0v) is 28.3. The van der Waals surface area contributed by atoms with Crippen molar-refractivity contribution in [1.29, 1.82) is 0 Å². The van der Waals surface area contributed by atoms with Crippen molar-refractivity contribution in [3.05, 3.63) is 0 Å². The fourth-order valence-electron chi connectivity index (χ4n) is 5.93. The molecule has 0 aromatic rings. The first-order valence-electron chi connectivity index (χ1n) is 14.6. The highest BCUT2D eigenvalue weighted by molar-refractivity contribution is 5.57. The SMILES string of the molecule is COC[C@H]1O[C@@H](O[C@H]2[C@@H](OC)[C@@H](COC)O[C@@H](O[C@@H]([C@H](OC)[C@H](C=O)OC)[C@@H](COC)OC)[C@@H]2OC)[C@H](OC)[C@@H](OC)[C@H]1OC. The summed E-state index contributed by atoms with van der Waals surface area (Å²) < 4.78 is 88.2. The Morgan fingerprint density at radius 2 is 1.07 bits per heavy atom. The highest BCUT2D eigenvalue weighted by Gasteiger charge is 2.54. The van der Waals surface area contributed by atoms with Crippen LogP contribution in [0.25, 0.3) is 0 Å². The van der Waals surface area contributed by atoms with E-state index in [1.807, 2.05) is 0 Å². The lowest BCUT2D eigenvalue weighted by molar-refractivity contribution is -0.376. The monoisotopic (exact) mass is 658 g/mol. The van der Waals surface area contributed by atoms with Crippen molar-refractivity contribution in [3.63, 3.8) is 0 Å². The topological polar surface area (TPSA) is 156 Å². The van der Waals surface area contributed by atoms with Gasteiger partial charge in [0.05, 0.1) is 19.8 Å². The maximum absolute atomic E-state index is 11.9. The van der Waals surface area contributed by atoms with Crippen LogP contribution in [0.4, 0.5) is 0 Å². The van der Waals surface area contributed by atoms with Gasteiger partial charge >= 0.3 is 0 Å². The Morgan fingerprint density at radius 1 is 0.556 bits per heavy atom. The van der Waals surface area contributed by atoms with Gasteiger partial charge in [-0.1, -0.05) is 0 Å². The summed E-state index contributed by atoms with van der Waals surface area (Å²) in [5, 5.41) is 0. The summed E-state index contributed by atoms with van der Waals surface area (Å²) in [6, 6.07) is 0. The van der Waals surface area contributed by atoms with Crippen molar-refractivity contribution in [2.24, 2.45) is 0 Å². The van der Waals surface area contributed by atoms with Gasteiger partial charge in [0.1, 0.15) is 73.2 Å². The minimum atomic E-state index is -1.11. The zero-order chi connectivity index (χ0) is 33.5. The number of carbonyl (C=O) groups excluding carboxylic acids is 1. The van der Waals surface area contributed by atoms with Gasteiger partial charge in [-0.25, -0.2) is 0 Å². The second kappa shape index (κ2) is 21.1. The summed E-state index contributed by atoms with van der Waals surface area (Å²) in [7, 11) is 16.6. The van der Waals surface area contributed by atoms with E-state index in [0.717, 1.165) is 0 Å². The van der Waals surface area contributed by atoms with Gasteiger partial charge in [0.15, 0.2) is 18.9 Å². The van der Waals surface area contributed by atoms with Crippen LogP contribution in [-0.4, -0.2) is 190 Å². The molecule has 14 atom stereocenters. The highest BCUT2D eigenvalue weighted by Crippen LogP contribution is 2.35. The number of methoxy groups -OCH3 is 11. The molecule has 2 aliphatic heterocycles. The van der Waals surface area contributed by atoms with Gasteiger partial charge in [0.2, 0.25) is 0 Å². The van der Waals surface area contributed by atoms with E-state index in [2.05, 4.69) is 0 Å². The van der Waals surface area contributed by atoms with Gasteiger partial charge in [0, 0.05) is 78.2 Å². The maximum Gasteiger partial charge on any atom is 0.187 e. The largest absolute Gasteiger partial charge is 0.382 e. The van der Waals surface area contributed by atoms with E-state index in [0.29, 0.717) is 6.29 Å². The van der Waals surface area contributed by atoms with E-state index >= 15 is 0 Å². The fourth-order valence-corrected chi connectivity index (χ4v) is 5.93. The molecule has 2 heterocycles. The minimum absolute atomic E-state index is 0.105. The Hall–Kier alpha value is -0.930. The Kier molecular flexibility index (Phi) is 18.9. The molecule has 2 fully saturated rings. The van der Waals surface area contributed by atoms with Gasteiger partial charge in [0.25, 0.3) is 0 Å². The average molecular weight is 659 g/mol. The van der Waals surface area contributed by atoms with Crippen LogP contribution in [0.3, 0.4) is 0 Å². The van der Waals surface area contributed by atoms with E-state index in [-0.39, 0.29) is 19.8 Å². The number of aldehydes is 1. The molecular weight excluding hydrogens is 604 g/mol. The molecule has 2 rings (SSSR count). The van der Waals surface area contributed by atoms with E-state index in [1.54, 1.807) is 21.3 Å². The van der Waals surface area contributed by atoms with Crippen LogP contribution in [0, 0.1) is 0 Å². The van der Waals surface area contributed by atoms with Crippen molar-refractivity contribution in [3.8, 4) is 0 Å². The lowest BCUT2D eigenvalue weighted by Crippen LogP contribution is -2.67. The molecule has 16 nitrogen and oxygen atoms in total. The normalized spacial score (nSPS) is 35.1. The zero-order valence-electron chi connectivity index (χ0n) is 28.3. The summed E-state index contributed by atoms with van der Waals surface area (Å²) >= 11 is 0. The van der Waals surface area contributed by atoms with Crippen LogP contribution < -0.4 is 0 Å². The third kappa shape index (κ3) is 9.81. The van der Waals surface area contributed by atoms with Crippen molar-refractivity contribution < 1.29 is 75.8 Å². The standard InChI is InChI=1S/C29H54O16/c1-31-13-17(35-5)23(20(36-6)16(12-30)34-4)44-29-27(41-11)25(22(38-8)19(43-29)15-33-3)45-28-26(40-10)24(39-9)21(37-7)18(42-28)14-32-2/h12,16-29H,13-15H2,1-11H3/t16-,17+,18+,19+,20+,21-,22-,23+,24-,25-,26+,27+,28-,29-/m0/s1. The molecule has 0 unspecified atom stereocenters. The first kappa shape index (κ1) is 40.2. The molecule has 45 heavy (non-hydrogen) atoms. The fraction of sp³-hybridized carbons (Fsp3) is 0.966. The molecule has 0 aromatic carbocycles. The molecule has 0 saturated carbocycles. The molecule has 266 valence electrons. The van der Waals surface area contributed by atoms with Crippen LogP contribution >= 0.6 is 0 Å². The Bertz CT molecular complexity index is 793. The van der Waals surface area contributed by atoms with Gasteiger partial charge in [-0.05, 0) is 0 Å². The Morgan fingerprint density at radius 3 is 1.49 bits per heavy atom. The molecule has 2 aliphatic rings. The summed E-state index contributed by atoms with van der Waals surface area (Å²) in [6.45, 7) is 0.428. The Labute approximate surface area is 266 Å². The molecule has 0 aromatic heterocycles.